The molecule has 3 aliphatic rings. The van der Waals surface area contributed by atoms with Gasteiger partial charge in [-0.25, -0.2) is 9.37 Å². The number of aromatic nitrogens is 2. The van der Waals surface area contributed by atoms with Crippen molar-refractivity contribution in [3.8, 4) is 0 Å². The zero-order valence-electron chi connectivity index (χ0n) is 14.4. The third kappa shape index (κ3) is 3.30. The van der Waals surface area contributed by atoms with Gasteiger partial charge >= 0.3 is 0 Å². The molecule has 3 fully saturated rings. The standard InChI is InChI=1S/C17H25FN4O3/c18-13-12-19-16(20-15(13)21-7-10-24-11-8-21)22-5-3-17(4-6-22)14(23)2-1-9-25-17/h12,14,23H,1-11H2/t14-/m0/s1. The Bertz CT molecular complexity index is 604. The van der Waals surface area contributed by atoms with Gasteiger partial charge in [-0.3, -0.25) is 0 Å². The second-order valence-electron chi connectivity index (χ2n) is 7.00. The summed E-state index contributed by atoms with van der Waals surface area (Å²) in [7, 11) is 0. The molecule has 1 atom stereocenters. The Morgan fingerprint density at radius 2 is 1.88 bits per heavy atom. The molecular formula is C17H25FN4O3. The SMILES string of the molecule is O[C@H]1CCCOC12CCN(c1ncc(F)c(N3CCOCC3)n1)CC2. The van der Waals surface area contributed by atoms with Gasteiger partial charge in [-0.2, -0.15) is 4.98 Å². The normalized spacial score (nSPS) is 26.9. The van der Waals surface area contributed by atoms with Crippen molar-refractivity contribution in [2.75, 3.05) is 55.8 Å². The molecule has 0 aliphatic carbocycles. The topological polar surface area (TPSA) is 71.0 Å². The van der Waals surface area contributed by atoms with E-state index in [4.69, 9.17) is 9.47 Å². The molecule has 1 aromatic rings. The molecule has 4 heterocycles. The molecule has 7 nitrogen and oxygen atoms in total. The van der Waals surface area contributed by atoms with Gasteiger partial charge in [0, 0.05) is 32.8 Å². The maximum absolute atomic E-state index is 14.2. The zero-order chi connectivity index (χ0) is 17.3. The first-order chi connectivity index (χ1) is 12.2. The van der Waals surface area contributed by atoms with E-state index in [-0.39, 0.29) is 0 Å². The minimum Gasteiger partial charge on any atom is -0.390 e. The van der Waals surface area contributed by atoms with Gasteiger partial charge in [0.1, 0.15) is 0 Å². The molecule has 138 valence electrons. The summed E-state index contributed by atoms with van der Waals surface area (Å²) in [4.78, 5) is 12.6. The van der Waals surface area contributed by atoms with Gasteiger partial charge in [-0.05, 0) is 25.7 Å². The lowest BCUT2D eigenvalue weighted by Crippen LogP contribution is -2.55. The third-order valence-corrected chi connectivity index (χ3v) is 5.53. The van der Waals surface area contributed by atoms with E-state index in [0.29, 0.717) is 57.8 Å². The van der Waals surface area contributed by atoms with Gasteiger partial charge in [0.25, 0.3) is 0 Å². The molecule has 3 aliphatic heterocycles. The highest BCUT2D eigenvalue weighted by atomic mass is 19.1. The molecule has 1 N–H and O–H groups in total. The van der Waals surface area contributed by atoms with Crippen LogP contribution in [0.15, 0.2) is 6.20 Å². The number of piperidine rings is 1. The summed E-state index contributed by atoms with van der Waals surface area (Å²) in [5.74, 6) is 0.496. The summed E-state index contributed by atoms with van der Waals surface area (Å²) >= 11 is 0. The number of aliphatic hydroxyl groups excluding tert-OH is 1. The van der Waals surface area contributed by atoms with Crippen molar-refractivity contribution in [2.45, 2.75) is 37.4 Å². The first-order valence-electron chi connectivity index (χ1n) is 9.10. The van der Waals surface area contributed by atoms with Gasteiger partial charge in [-0.1, -0.05) is 0 Å². The van der Waals surface area contributed by atoms with E-state index in [9.17, 15) is 9.50 Å². The highest BCUT2D eigenvalue weighted by Crippen LogP contribution is 2.36. The van der Waals surface area contributed by atoms with E-state index in [1.807, 2.05) is 4.90 Å². The van der Waals surface area contributed by atoms with Crippen molar-refractivity contribution >= 4 is 11.8 Å². The van der Waals surface area contributed by atoms with Crippen molar-refractivity contribution in [3.05, 3.63) is 12.0 Å². The van der Waals surface area contributed by atoms with E-state index >= 15 is 0 Å². The number of ether oxygens (including phenoxy) is 2. The molecule has 0 aromatic carbocycles. The summed E-state index contributed by atoms with van der Waals surface area (Å²) in [6, 6.07) is 0. The van der Waals surface area contributed by atoms with Crippen molar-refractivity contribution in [1.82, 2.24) is 9.97 Å². The number of rotatable bonds is 2. The lowest BCUT2D eigenvalue weighted by molar-refractivity contribution is -0.164. The summed E-state index contributed by atoms with van der Waals surface area (Å²) < 4.78 is 25.4. The van der Waals surface area contributed by atoms with Crippen LogP contribution in [-0.2, 0) is 9.47 Å². The monoisotopic (exact) mass is 352 g/mol. The Hall–Kier alpha value is -1.51. The maximum Gasteiger partial charge on any atom is 0.227 e. The van der Waals surface area contributed by atoms with Crippen molar-refractivity contribution in [1.29, 1.82) is 0 Å². The summed E-state index contributed by atoms with van der Waals surface area (Å²) in [6.45, 7) is 4.55. The van der Waals surface area contributed by atoms with Gasteiger partial charge < -0.3 is 24.4 Å². The van der Waals surface area contributed by atoms with Crippen LogP contribution in [0, 0.1) is 5.82 Å². The Balaban J connectivity index is 1.47. The molecule has 8 heteroatoms. The lowest BCUT2D eigenvalue weighted by atomic mass is 9.82. The number of halogens is 1. The highest BCUT2D eigenvalue weighted by Gasteiger charge is 2.44. The van der Waals surface area contributed by atoms with Crippen LogP contribution < -0.4 is 9.80 Å². The van der Waals surface area contributed by atoms with Crippen LogP contribution >= 0.6 is 0 Å². The highest BCUT2D eigenvalue weighted by molar-refractivity contribution is 5.45. The summed E-state index contributed by atoms with van der Waals surface area (Å²) in [5.41, 5.74) is -0.429. The van der Waals surface area contributed by atoms with Crippen LogP contribution in [0.3, 0.4) is 0 Å². The molecular weight excluding hydrogens is 327 g/mol. The summed E-state index contributed by atoms with van der Waals surface area (Å²) in [6.07, 6.45) is 4.04. The maximum atomic E-state index is 14.2. The minimum atomic E-state index is -0.429. The molecule has 25 heavy (non-hydrogen) atoms. The predicted molar refractivity (Wildman–Crippen MR) is 90.4 cm³/mol. The predicted octanol–water partition coefficient (Wildman–Crippen LogP) is 0.963. The molecule has 4 rings (SSSR count). The molecule has 0 saturated carbocycles. The number of morpholine rings is 1. The van der Waals surface area contributed by atoms with Crippen LogP contribution in [-0.4, -0.2) is 72.8 Å². The van der Waals surface area contributed by atoms with Gasteiger partial charge in [0.15, 0.2) is 11.6 Å². The van der Waals surface area contributed by atoms with Gasteiger partial charge in [0.05, 0.1) is 31.1 Å². The smallest absolute Gasteiger partial charge is 0.227 e. The van der Waals surface area contributed by atoms with E-state index in [0.717, 1.165) is 25.7 Å². The van der Waals surface area contributed by atoms with E-state index in [1.165, 1.54) is 6.20 Å². The third-order valence-electron chi connectivity index (χ3n) is 5.53. The van der Waals surface area contributed by atoms with E-state index < -0.39 is 17.5 Å². The number of aliphatic hydroxyl groups is 1. The number of anilines is 2. The van der Waals surface area contributed by atoms with Crippen LogP contribution in [0.4, 0.5) is 16.2 Å². The molecule has 0 unspecified atom stereocenters. The van der Waals surface area contributed by atoms with Gasteiger partial charge in [-0.15, -0.1) is 0 Å². The van der Waals surface area contributed by atoms with E-state index in [1.54, 1.807) is 0 Å². The molecule has 0 bridgehead atoms. The van der Waals surface area contributed by atoms with Crippen molar-refractivity contribution < 1.29 is 19.0 Å². The second kappa shape index (κ2) is 7.01. The Labute approximate surface area is 146 Å². The first kappa shape index (κ1) is 16.9. The minimum absolute atomic E-state index is 0.350. The first-order valence-corrected chi connectivity index (χ1v) is 9.10. The van der Waals surface area contributed by atoms with Gasteiger partial charge in [0.2, 0.25) is 5.95 Å². The molecule has 1 spiro atoms. The van der Waals surface area contributed by atoms with Crippen molar-refractivity contribution in [3.63, 3.8) is 0 Å². The Morgan fingerprint density at radius 3 is 2.60 bits per heavy atom. The Kier molecular flexibility index (Phi) is 4.75. The summed E-state index contributed by atoms with van der Waals surface area (Å²) in [5, 5.41) is 10.3. The molecule has 0 radical (unpaired) electrons. The average molecular weight is 352 g/mol. The largest absolute Gasteiger partial charge is 0.390 e. The van der Waals surface area contributed by atoms with Crippen molar-refractivity contribution in [2.24, 2.45) is 0 Å². The van der Waals surface area contributed by atoms with Crippen LogP contribution in [0.1, 0.15) is 25.7 Å². The van der Waals surface area contributed by atoms with Crippen LogP contribution in [0.2, 0.25) is 0 Å². The zero-order valence-corrected chi connectivity index (χ0v) is 14.4. The Morgan fingerprint density at radius 1 is 1.12 bits per heavy atom. The number of hydrogen-bond acceptors (Lipinski definition) is 7. The molecule has 0 amide bonds. The molecule has 1 aromatic heterocycles. The fourth-order valence-electron chi connectivity index (χ4n) is 3.97. The fourth-order valence-corrected chi connectivity index (χ4v) is 3.97. The molecule has 3 saturated heterocycles. The average Bonchev–Trinajstić information content (AvgIpc) is 2.66. The lowest BCUT2D eigenvalue weighted by Gasteiger charge is -2.46. The van der Waals surface area contributed by atoms with Crippen LogP contribution in [0.5, 0.6) is 0 Å². The van der Waals surface area contributed by atoms with Crippen LogP contribution in [0.25, 0.3) is 0 Å². The fraction of sp³-hybridized carbons (Fsp3) is 0.765. The number of hydrogen-bond donors (Lipinski definition) is 1. The quantitative estimate of drug-likeness (QED) is 0.850. The van der Waals surface area contributed by atoms with E-state index in [2.05, 4.69) is 14.9 Å². The second-order valence-corrected chi connectivity index (χ2v) is 7.00. The number of nitrogens with zero attached hydrogens (tertiary/aromatic N) is 4.